The van der Waals surface area contributed by atoms with E-state index in [1.807, 2.05) is 45.0 Å². The van der Waals surface area contributed by atoms with Gasteiger partial charge in [0.1, 0.15) is 12.4 Å². The van der Waals surface area contributed by atoms with Gasteiger partial charge in [-0.25, -0.2) is 4.79 Å². The predicted octanol–water partition coefficient (Wildman–Crippen LogP) is 1.99. The zero-order chi connectivity index (χ0) is 16.6. The van der Waals surface area contributed by atoms with Crippen LogP contribution in [0, 0.1) is 0 Å². The fraction of sp³-hybridized carbons (Fsp3) is 0.471. The standard InChI is InChI=1S/C17H22N4O2/c1-17(2,3)19-14(22)11-21-13-8-5-4-7-12(13)15-18-9-6-10-20(15)16(21)23/h4-5,7-8H,6,9-11H2,1-3H3,(H,19,22). The van der Waals surface area contributed by atoms with Crippen molar-refractivity contribution in [3.8, 4) is 0 Å². The summed E-state index contributed by atoms with van der Waals surface area (Å²) in [4.78, 5) is 32.8. The first-order valence-corrected chi connectivity index (χ1v) is 7.91. The Kier molecular flexibility index (Phi) is 3.83. The molecule has 0 atom stereocenters. The maximum Gasteiger partial charge on any atom is 0.330 e. The van der Waals surface area contributed by atoms with Crippen LogP contribution in [0.4, 0.5) is 10.5 Å². The molecule has 0 saturated carbocycles. The highest BCUT2D eigenvalue weighted by atomic mass is 16.2. The Bertz CT molecular complexity index is 675. The number of anilines is 1. The van der Waals surface area contributed by atoms with E-state index < -0.39 is 0 Å². The van der Waals surface area contributed by atoms with Crippen LogP contribution < -0.4 is 10.2 Å². The number of fused-ring (bicyclic) bond motifs is 3. The predicted molar refractivity (Wildman–Crippen MR) is 89.8 cm³/mol. The number of amides is 3. The lowest BCUT2D eigenvalue weighted by Gasteiger charge is -2.39. The molecule has 0 aromatic heterocycles. The molecule has 1 N–H and O–H groups in total. The number of hydrogen-bond acceptors (Lipinski definition) is 3. The third kappa shape index (κ3) is 3.06. The minimum Gasteiger partial charge on any atom is -0.350 e. The molecule has 0 saturated heterocycles. The molecule has 2 aliphatic heterocycles. The number of rotatable bonds is 2. The van der Waals surface area contributed by atoms with E-state index in [1.54, 1.807) is 9.80 Å². The summed E-state index contributed by atoms with van der Waals surface area (Å²) in [6, 6.07) is 7.45. The van der Waals surface area contributed by atoms with Crippen molar-refractivity contribution in [2.45, 2.75) is 32.7 Å². The second-order valence-electron chi connectivity index (χ2n) is 6.89. The van der Waals surface area contributed by atoms with Crippen molar-refractivity contribution < 1.29 is 9.59 Å². The van der Waals surface area contributed by atoms with Gasteiger partial charge in [0.2, 0.25) is 5.91 Å². The monoisotopic (exact) mass is 314 g/mol. The lowest BCUT2D eigenvalue weighted by Crippen LogP contribution is -2.56. The number of hydrogen-bond donors (Lipinski definition) is 1. The van der Waals surface area contributed by atoms with E-state index >= 15 is 0 Å². The van der Waals surface area contributed by atoms with Crippen LogP contribution in [0.15, 0.2) is 29.3 Å². The number of nitrogens with one attached hydrogen (secondary N) is 1. The molecular weight excluding hydrogens is 292 g/mol. The molecule has 3 rings (SSSR count). The maximum atomic E-state index is 12.8. The van der Waals surface area contributed by atoms with Gasteiger partial charge in [0.25, 0.3) is 0 Å². The summed E-state index contributed by atoms with van der Waals surface area (Å²) in [7, 11) is 0. The van der Waals surface area contributed by atoms with Crippen LogP contribution >= 0.6 is 0 Å². The Morgan fingerprint density at radius 1 is 1.30 bits per heavy atom. The molecule has 122 valence electrons. The van der Waals surface area contributed by atoms with Crippen molar-refractivity contribution >= 4 is 23.5 Å². The highest BCUT2D eigenvalue weighted by Crippen LogP contribution is 2.30. The molecule has 2 heterocycles. The third-order valence-electron chi connectivity index (χ3n) is 3.77. The van der Waals surface area contributed by atoms with E-state index in [4.69, 9.17) is 0 Å². The maximum absolute atomic E-state index is 12.8. The quantitative estimate of drug-likeness (QED) is 0.907. The average molecular weight is 314 g/mol. The van der Waals surface area contributed by atoms with Crippen LogP contribution in [0.3, 0.4) is 0 Å². The normalized spacial score (nSPS) is 17.3. The summed E-state index contributed by atoms with van der Waals surface area (Å²) < 4.78 is 0. The molecule has 1 aromatic rings. The Labute approximate surface area is 136 Å². The smallest absolute Gasteiger partial charge is 0.330 e. The summed E-state index contributed by atoms with van der Waals surface area (Å²) in [5.74, 6) is 0.558. The van der Waals surface area contributed by atoms with Crippen LogP contribution in [0.1, 0.15) is 32.8 Å². The van der Waals surface area contributed by atoms with Crippen molar-refractivity contribution in [1.29, 1.82) is 0 Å². The van der Waals surface area contributed by atoms with Crippen LogP contribution in [-0.2, 0) is 4.79 Å². The molecule has 6 nitrogen and oxygen atoms in total. The number of benzene rings is 1. The molecule has 23 heavy (non-hydrogen) atoms. The van der Waals surface area contributed by atoms with E-state index in [0.717, 1.165) is 30.1 Å². The summed E-state index contributed by atoms with van der Waals surface area (Å²) in [5, 5.41) is 2.91. The summed E-state index contributed by atoms with van der Waals surface area (Å²) in [5.41, 5.74) is 1.33. The van der Waals surface area contributed by atoms with Gasteiger partial charge in [-0.1, -0.05) is 12.1 Å². The van der Waals surface area contributed by atoms with Gasteiger partial charge in [0.15, 0.2) is 0 Å². The Morgan fingerprint density at radius 3 is 2.78 bits per heavy atom. The Balaban J connectivity index is 1.94. The van der Waals surface area contributed by atoms with Gasteiger partial charge in [0, 0.05) is 24.2 Å². The lowest BCUT2D eigenvalue weighted by molar-refractivity contribution is -0.121. The molecule has 0 spiro atoms. The summed E-state index contributed by atoms with van der Waals surface area (Å²) in [6.07, 6.45) is 0.847. The summed E-state index contributed by atoms with van der Waals surface area (Å²) in [6.45, 7) is 7.16. The number of urea groups is 1. The highest BCUT2D eigenvalue weighted by molar-refractivity contribution is 6.20. The number of para-hydroxylation sites is 1. The zero-order valence-electron chi connectivity index (χ0n) is 13.8. The Hall–Kier alpha value is -2.37. The number of nitrogens with zero attached hydrogens (tertiary/aromatic N) is 3. The molecule has 1 aromatic carbocycles. The summed E-state index contributed by atoms with van der Waals surface area (Å²) >= 11 is 0. The first-order chi connectivity index (χ1) is 10.9. The number of amidine groups is 1. The number of aliphatic imine (C=N–C) groups is 1. The van der Waals surface area contributed by atoms with Gasteiger partial charge in [-0.3, -0.25) is 19.6 Å². The zero-order valence-corrected chi connectivity index (χ0v) is 13.8. The molecule has 0 aliphatic carbocycles. The SMILES string of the molecule is CC(C)(C)NC(=O)CN1C(=O)N2CCCN=C2c2ccccc21. The highest BCUT2D eigenvalue weighted by Gasteiger charge is 2.37. The second-order valence-corrected chi connectivity index (χ2v) is 6.89. The largest absolute Gasteiger partial charge is 0.350 e. The Morgan fingerprint density at radius 2 is 2.04 bits per heavy atom. The van der Waals surface area contributed by atoms with Gasteiger partial charge >= 0.3 is 6.03 Å². The van der Waals surface area contributed by atoms with Crippen molar-refractivity contribution in [1.82, 2.24) is 10.2 Å². The van der Waals surface area contributed by atoms with E-state index in [0.29, 0.717) is 6.54 Å². The van der Waals surface area contributed by atoms with Crippen LogP contribution in [0.5, 0.6) is 0 Å². The fourth-order valence-corrected chi connectivity index (χ4v) is 2.92. The van der Waals surface area contributed by atoms with Gasteiger partial charge in [0.05, 0.1) is 5.69 Å². The first-order valence-electron chi connectivity index (χ1n) is 7.91. The topological polar surface area (TPSA) is 65.0 Å². The van der Waals surface area contributed by atoms with Crippen LogP contribution in [0.25, 0.3) is 0 Å². The van der Waals surface area contributed by atoms with Crippen molar-refractivity contribution in [3.05, 3.63) is 29.8 Å². The van der Waals surface area contributed by atoms with E-state index in [2.05, 4.69) is 10.3 Å². The van der Waals surface area contributed by atoms with E-state index in [9.17, 15) is 9.59 Å². The minimum absolute atomic E-state index is 0.0108. The van der Waals surface area contributed by atoms with Crippen molar-refractivity contribution in [2.75, 3.05) is 24.5 Å². The van der Waals surface area contributed by atoms with E-state index in [1.165, 1.54) is 0 Å². The molecule has 0 fully saturated rings. The van der Waals surface area contributed by atoms with Gasteiger partial charge in [-0.05, 0) is 39.3 Å². The third-order valence-corrected chi connectivity index (χ3v) is 3.77. The second kappa shape index (κ2) is 5.68. The average Bonchev–Trinajstić information content (AvgIpc) is 2.50. The molecule has 3 amide bonds. The first kappa shape index (κ1) is 15.5. The van der Waals surface area contributed by atoms with Crippen molar-refractivity contribution in [2.24, 2.45) is 4.99 Å². The molecule has 0 unspecified atom stereocenters. The van der Waals surface area contributed by atoms with Gasteiger partial charge in [-0.2, -0.15) is 0 Å². The van der Waals surface area contributed by atoms with E-state index in [-0.39, 0.29) is 24.0 Å². The fourth-order valence-electron chi connectivity index (χ4n) is 2.92. The molecular formula is C17H22N4O2. The van der Waals surface area contributed by atoms with Crippen LogP contribution in [0.2, 0.25) is 0 Å². The molecule has 0 bridgehead atoms. The van der Waals surface area contributed by atoms with Gasteiger partial charge < -0.3 is 5.32 Å². The minimum atomic E-state index is -0.326. The molecule has 6 heteroatoms. The number of carbonyl (C=O) groups excluding carboxylic acids is 2. The van der Waals surface area contributed by atoms with Crippen molar-refractivity contribution in [3.63, 3.8) is 0 Å². The van der Waals surface area contributed by atoms with Crippen LogP contribution in [-0.4, -0.2) is 47.8 Å². The number of carbonyl (C=O) groups is 2. The molecule has 0 radical (unpaired) electrons. The van der Waals surface area contributed by atoms with Gasteiger partial charge in [-0.15, -0.1) is 0 Å². The molecule has 2 aliphatic rings. The lowest BCUT2D eigenvalue weighted by atomic mass is 10.1.